The summed E-state index contributed by atoms with van der Waals surface area (Å²) in [5, 5.41) is 6.57. The van der Waals surface area contributed by atoms with E-state index < -0.39 is 27.6 Å². The predicted molar refractivity (Wildman–Crippen MR) is 81.2 cm³/mol. The Morgan fingerprint density at radius 1 is 1.35 bits per heavy atom. The number of nitrogens with zero attached hydrogens (tertiary/aromatic N) is 1. The number of carbonyl (C=O) groups is 1. The summed E-state index contributed by atoms with van der Waals surface area (Å²) in [6.45, 7) is 1.60. The summed E-state index contributed by atoms with van der Waals surface area (Å²) in [4.78, 5) is 12.5. The molecule has 1 aromatic heterocycles. The first kappa shape index (κ1) is 15.7. The molecule has 6 nitrogen and oxygen atoms in total. The lowest BCUT2D eigenvalue weighted by Crippen LogP contribution is -2.36. The Morgan fingerprint density at radius 3 is 2.65 bits per heavy atom. The van der Waals surface area contributed by atoms with Crippen molar-refractivity contribution >= 4 is 15.7 Å². The molecule has 122 valence electrons. The van der Waals surface area contributed by atoms with Crippen molar-refractivity contribution in [2.24, 2.45) is 0 Å². The highest BCUT2D eigenvalue weighted by Crippen LogP contribution is 2.26. The van der Waals surface area contributed by atoms with E-state index in [4.69, 9.17) is 4.52 Å². The normalized spacial score (nSPS) is 19.7. The van der Waals surface area contributed by atoms with E-state index in [0.717, 1.165) is 0 Å². The van der Waals surface area contributed by atoms with Crippen molar-refractivity contribution in [1.29, 1.82) is 0 Å². The molecule has 0 saturated carbocycles. The van der Waals surface area contributed by atoms with Crippen molar-refractivity contribution in [3.05, 3.63) is 41.4 Å². The van der Waals surface area contributed by atoms with Crippen molar-refractivity contribution < 1.29 is 22.1 Å². The van der Waals surface area contributed by atoms with E-state index in [1.807, 2.05) is 0 Å². The summed E-state index contributed by atoms with van der Waals surface area (Å²) in [6, 6.07) is 5.13. The van der Waals surface area contributed by atoms with Gasteiger partial charge in [-0.05, 0) is 37.6 Å². The van der Waals surface area contributed by atoms with Gasteiger partial charge in [0.05, 0.1) is 11.5 Å². The van der Waals surface area contributed by atoms with E-state index in [2.05, 4.69) is 10.5 Å². The van der Waals surface area contributed by atoms with Gasteiger partial charge in [-0.3, -0.25) is 4.79 Å². The highest BCUT2D eigenvalue weighted by atomic mass is 32.2. The van der Waals surface area contributed by atoms with Gasteiger partial charge >= 0.3 is 0 Å². The number of benzene rings is 1. The maximum absolute atomic E-state index is 13.0. The molecule has 2 aromatic rings. The molecule has 1 amide bonds. The van der Waals surface area contributed by atoms with Gasteiger partial charge in [0.1, 0.15) is 22.8 Å². The standard InChI is InChI=1S/C15H15FN2O4S/c1-9-13(15(19)17-12-6-7-23(20,21)8-12)14(18-22-9)10-2-4-11(16)5-3-10/h2-5,12H,6-8H2,1H3,(H,17,19)/t12-/m0/s1. The Balaban J connectivity index is 1.86. The highest BCUT2D eigenvalue weighted by molar-refractivity contribution is 7.91. The minimum Gasteiger partial charge on any atom is -0.360 e. The Hall–Kier alpha value is -2.22. The molecule has 0 aliphatic carbocycles. The van der Waals surface area contributed by atoms with E-state index in [0.29, 0.717) is 23.4 Å². The Kier molecular flexibility index (Phi) is 3.93. The van der Waals surface area contributed by atoms with Crippen LogP contribution in [-0.4, -0.2) is 37.0 Å². The van der Waals surface area contributed by atoms with Crippen molar-refractivity contribution in [3.63, 3.8) is 0 Å². The van der Waals surface area contributed by atoms with E-state index in [9.17, 15) is 17.6 Å². The largest absolute Gasteiger partial charge is 0.360 e. The quantitative estimate of drug-likeness (QED) is 0.920. The first-order valence-corrected chi connectivity index (χ1v) is 8.91. The fourth-order valence-electron chi connectivity index (χ4n) is 2.61. The lowest BCUT2D eigenvalue weighted by Gasteiger charge is -2.10. The molecule has 1 fully saturated rings. The number of rotatable bonds is 3. The fraction of sp³-hybridized carbons (Fsp3) is 0.333. The maximum Gasteiger partial charge on any atom is 0.257 e. The average Bonchev–Trinajstić information content (AvgIpc) is 3.02. The van der Waals surface area contributed by atoms with Crippen LogP contribution >= 0.6 is 0 Å². The number of hydrogen-bond donors (Lipinski definition) is 1. The minimum atomic E-state index is -3.08. The van der Waals surface area contributed by atoms with Crippen molar-refractivity contribution in [2.45, 2.75) is 19.4 Å². The SMILES string of the molecule is Cc1onc(-c2ccc(F)cc2)c1C(=O)N[C@H]1CCS(=O)(=O)C1. The summed E-state index contributed by atoms with van der Waals surface area (Å²) >= 11 is 0. The Bertz CT molecular complexity index is 843. The zero-order chi connectivity index (χ0) is 16.6. The fourth-order valence-corrected chi connectivity index (χ4v) is 4.28. The van der Waals surface area contributed by atoms with Crippen LogP contribution in [0, 0.1) is 12.7 Å². The number of carbonyl (C=O) groups excluding carboxylic acids is 1. The smallest absolute Gasteiger partial charge is 0.257 e. The molecule has 0 bridgehead atoms. The molecule has 3 rings (SSSR count). The average molecular weight is 338 g/mol. The van der Waals surface area contributed by atoms with Gasteiger partial charge in [-0.15, -0.1) is 0 Å². The molecule has 23 heavy (non-hydrogen) atoms. The number of halogens is 1. The van der Waals surface area contributed by atoms with Gasteiger partial charge in [0.25, 0.3) is 5.91 Å². The van der Waals surface area contributed by atoms with E-state index in [-0.39, 0.29) is 17.1 Å². The Labute approximate surface area is 132 Å². The molecule has 0 unspecified atom stereocenters. The van der Waals surface area contributed by atoms with Gasteiger partial charge in [-0.2, -0.15) is 0 Å². The first-order chi connectivity index (χ1) is 10.9. The lowest BCUT2D eigenvalue weighted by molar-refractivity contribution is 0.0940. The van der Waals surface area contributed by atoms with Crippen LogP contribution in [-0.2, 0) is 9.84 Å². The molecular formula is C15H15FN2O4S. The van der Waals surface area contributed by atoms with Gasteiger partial charge < -0.3 is 9.84 Å². The summed E-state index contributed by atoms with van der Waals surface area (Å²) < 4.78 is 41.1. The predicted octanol–water partition coefficient (Wildman–Crippen LogP) is 1.71. The number of sulfone groups is 1. The molecule has 1 saturated heterocycles. The number of nitrogens with one attached hydrogen (secondary N) is 1. The summed E-state index contributed by atoms with van der Waals surface area (Å²) in [7, 11) is -3.08. The van der Waals surface area contributed by atoms with Crippen LogP contribution in [0.25, 0.3) is 11.3 Å². The molecule has 1 aromatic carbocycles. The third kappa shape index (κ3) is 3.26. The third-order valence-electron chi connectivity index (χ3n) is 3.78. The molecule has 0 radical (unpaired) electrons. The molecule has 1 atom stereocenters. The van der Waals surface area contributed by atoms with Crippen LogP contribution in [0.2, 0.25) is 0 Å². The number of aryl methyl sites for hydroxylation is 1. The number of amides is 1. The van der Waals surface area contributed by atoms with Crippen molar-refractivity contribution in [1.82, 2.24) is 10.5 Å². The summed E-state index contributed by atoms with van der Waals surface area (Å²) in [5.74, 6) is -0.496. The van der Waals surface area contributed by atoms with Crippen molar-refractivity contribution in [2.75, 3.05) is 11.5 Å². The van der Waals surface area contributed by atoms with Crippen LogP contribution < -0.4 is 5.32 Å². The van der Waals surface area contributed by atoms with Gasteiger partial charge in [-0.25, -0.2) is 12.8 Å². The first-order valence-electron chi connectivity index (χ1n) is 7.09. The molecule has 2 heterocycles. The van der Waals surface area contributed by atoms with Gasteiger partial charge in [-0.1, -0.05) is 5.16 Å². The molecule has 1 aliphatic rings. The van der Waals surface area contributed by atoms with Crippen molar-refractivity contribution in [3.8, 4) is 11.3 Å². The van der Waals surface area contributed by atoms with Crippen LogP contribution in [0.4, 0.5) is 4.39 Å². The zero-order valence-electron chi connectivity index (χ0n) is 12.4. The van der Waals surface area contributed by atoms with Crippen LogP contribution in [0.3, 0.4) is 0 Å². The zero-order valence-corrected chi connectivity index (χ0v) is 13.2. The van der Waals surface area contributed by atoms with Crippen LogP contribution in [0.15, 0.2) is 28.8 Å². The Morgan fingerprint density at radius 2 is 2.04 bits per heavy atom. The molecule has 1 aliphatic heterocycles. The van der Waals surface area contributed by atoms with Crippen LogP contribution in [0.1, 0.15) is 22.5 Å². The van der Waals surface area contributed by atoms with E-state index >= 15 is 0 Å². The topological polar surface area (TPSA) is 89.3 Å². The molecule has 8 heteroatoms. The van der Waals surface area contributed by atoms with E-state index in [1.54, 1.807) is 6.92 Å². The van der Waals surface area contributed by atoms with Gasteiger partial charge in [0.2, 0.25) is 0 Å². The lowest BCUT2D eigenvalue weighted by atomic mass is 10.1. The molecule has 1 N–H and O–H groups in total. The second-order valence-electron chi connectivity index (χ2n) is 5.54. The molecule has 0 spiro atoms. The van der Waals surface area contributed by atoms with Crippen LogP contribution in [0.5, 0.6) is 0 Å². The molecular weight excluding hydrogens is 323 g/mol. The monoisotopic (exact) mass is 338 g/mol. The van der Waals surface area contributed by atoms with Gasteiger partial charge in [0.15, 0.2) is 9.84 Å². The number of aromatic nitrogens is 1. The highest BCUT2D eigenvalue weighted by Gasteiger charge is 2.31. The summed E-state index contributed by atoms with van der Waals surface area (Å²) in [5.41, 5.74) is 1.09. The third-order valence-corrected chi connectivity index (χ3v) is 5.54. The second kappa shape index (κ2) is 5.77. The van der Waals surface area contributed by atoms with E-state index in [1.165, 1.54) is 24.3 Å². The maximum atomic E-state index is 13.0. The summed E-state index contributed by atoms with van der Waals surface area (Å²) in [6.07, 6.45) is 0.393. The second-order valence-corrected chi connectivity index (χ2v) is 7.77. The number of hydrogen-bond acceptors (Lipinski definition) is 5. The minimum absolute atomic E-state index is 0.0606. The van der Waals surface area contributed by atoms with Gasteiger partial charge in [0, 0.05) is 11.6 Å².